The normalized spacial score (nSPS) is 21.9. The summed E-state index contributed by atoms with van der Waals surface area (Å²) in [6.07, 6.45) is 2.88. The first-order valence-electron chi connectivity index (χ1n) is 10.9. The van der Waals surface area contributed by atoms with Gasteiger partial charge in [0.1, 0.15) is 5.54 Å². The van der Waals surface area contributed by atoms with Crippen LogP contribution in [0.1, 0.15) is 53.4 Å². The monoisotopic (exact) mass is 435 g/mol. The molecule has 31 heavy (non-hydrogen) atoms. The Morgan fingerprint density at radius 3 is 2.68 bits per heavy atom. The topological polar surface area (TPSA) is 125 Å². The molecule has 3 N–H and O–H groups in total. The van der Waals surface area contributed by atoms with Crippen LogP contribution in [0, 0.1) is 5.92 Å². The maximum Gasteiger partial charge on any atom is 0.513 e. The highest BCUT2D eigenvalue weighted by Crippen LogP contribution is 2.35. The molecule has 0 aliphatic carbocycles. The molecule has 1 amide bonds. The van der Waals surface area contributed by atoms with Crippen molar-refractivity contribution in [3.05, 3.63) is 0 Å². The van der Waals surface area contributed by atoms with Gasteiger partial charge in [0.2, 0.25) is 0 Å². The molecule has 0 bridgehead atoms. The number of hydrogen-bond acceptors (Lipinski definition) is 7. The number of fused-ring (bicyclic) bond motifs is 1. The molecule has 3 rings (SSSR count). The highest BCUT2D eigenvalue weighted by Gasteiger charge is 2.50. The fourth-order valence-electron chi connectivity index (χ4n) is 4.42. The number of hydrogen-bond donors (Lipinski definition) is 2. The molecular formula is C21H35N6O4+. The molecule has 1 aliphatic heterocycles. The Hall–Kier alpha value is -2.62. The highest BCUT2D eigenvalue weighted by atomic mass is 16.5. The lowest BCUT2D eigenvalue weighted by Gasteiger charge is -2.48. The molecule has 1 aliphatic rings. The number of piperidine rings is 1. The van der Waals surface area contributed by atoms with Crippen LogP contribution in [-0.4, -0.2) is 67.5 Å². The van der Waals surface area contributed by atoms with Gasteiger partial charge in [0.15, 0.2) is 17.0 Å². The maximum atomic E-state index is 12.3. The van der Waals surface area contributed by atoms with Crippen LogP contribution in [0.15, 0.2) is 0 Å². The second-order valence-electron chi connectivity index (χ2n) is 9.31. The summed E-state index contributed by atoms with van der Waals surface area (Å²) in [5.74, 6) is 0.360. The van der Waals surface area contributed by atoms with Crippen molar-refractivity contribution in [3.63, 3.8) is 0 Å². The summed E-state index contributed by atoms with van der Waals surface area (Å²) in [6.45, 7) is 10.3. The molecule has 0 spiro atoms. The first-order chi connectivity index (χ1) is 14.6. The van der Waals surface area contributed by atoms with E-state index in [0.717, 1.165) is 25.7 Å². The van der Waals surface area contributed by atoms with Crippen LogP contribution in [0.5, 0.6) is 12.0 Å². The smallest absolute Gasteiger partial charge is 0.468 e. The molecule has 2 aromatic heterocycles. The van der Waals surface area contributed by atoms with E-state index in [1.54, 1.807) is 7.11 Å². The van der Waals surface area contributed by atoms with Gasteiger partial charge in [-0.25, -0.2) is 4.48 Å². The number of rotatable bonds is 7. The zero-order valence-corrected chi connectivity index (χ0v) is 19.2. The van der Waals surface area contributed by atoms with E-state index < -0.39 is 11.6 Å². The fraction of sp³-hybridized carbons (Fsp3) is 0.714. The Balaban J connectivity index is 1.95. The van der Waals surface area contributed by atoms with E-state index in [-0.39, 0.29) is 22.2 Å². The third-order valence-corrected chi connectivity index (χ3v) is 6.29. The minimum atomic E-state index is -0.780. The number of likely N-dealkylation sites (tertiary alicyclic amines) is 1. The Kier molecular flexibility index (Phi) is 6.59. The Morgan fingerprint density at radius 2 is 2.06 bits per heavy atom. The molecular weight excluding hydrogens is 400 g/mol. The maximum absolute atomic E-state index is 12.3. The van der Waals surface area contributed by atoms with Crippen LogP contribution in [0.25, 0.3) is 11.2 Å². The van der Waals surface area contributed by atoms with Gasteiger partial charge in [-0.1, -0.05) is 13.3 Å². The zero-order chi connectivity index (χ0) is 22.8. The van der Waals surface area contributed by atoms with Crippen molar-refractivity contribution in [1.82, 2.24) is 19.5 Å². The number of carbonyl (C=O) groups is 1. The van der Waals surface area contributed by atoms with Crippen molar-refractivity contribution >= 4 is 23.1 Å². The molecule has 0 aromatic carbocycles. The molecule has 1 fully saturated rings. The summed E-state index contributed by atoms with van der Waals surface area (Å²) in [7, 11) is 1.55. The van der Waals surface area contributed by atoms with Gasteiger partial charge in [0.25, 0.3) is 6.01 Å². The van der Waals surface area contributed by atoms with E-state index in [9.17, 15) is 9.90 Å². The minimum absolute atomic E-state index is 0.0368. The number of unbranched alkanes of at least 4 members (excludes halogenated alkanes) is 1. The highest BCUT2D eigenvalue weighted by molar-refractivity contribution is 5.83. The molecule has 10 heteroatoms. The second kappa shape index (κ2) is 8.86. The van der Waals surface area contributed by atoms with Crippen LogP contribution in [0.3, 0.4) is 0 Å². The summed E-state index contributed by atoms with van der Waals surface area (Å²) in [5, 5.41) is 10.1. The van der Waals surface area contributed by atoms with Crippen LogP contribution < -0.4 is 15.2 Å². The predicted molar refractivity (Wildman–Crippen MR) is 117 cm³/mol. The third-order valence-electron chi connectivity index (χ3n) is 6.29. The van der Waals surface area contributed by atoms with Crippen LogP contribution in [-0.2, 0) is 6.54 Å². The Labute approximate surface area is 183 Å². The van der Waals surface area contributed by atoms with Gasteiger partial charge in [-0.15, -0.1) is 0 Å². The van der Waals surface area contributed by atoms with Crippen LogP contribution in [0.4, 0.5) is 10.6 Å². The SMILES string of the molecule is CCCCOc1nc(N)c2nc(OC)n(C[C@@H]3CCC[N+](C(=O)O)(C(C)(C)C)C3)c2n1. The third kappa shape index (κ3) is 4.39. The lowest BCUT2D eigenvalue weighted by molar-refractivity contribution is -0.911. The summed E-state index contributed by atoms with van der Waals surface area (Å²) >= 11 is 0. The van der Waals surface area contributed by atoms with E-state index in [1.807, 2.05) is 25.3 Å². The molecule has 1 unspecified atom stereocenters. The Bertz CT molecular complexity index is 938. The number of quaternary nitrogens is 1. The summed E-state index contributed by atoms with van der Waals surface area (Å²) in [5.41, 5.74) is 6.73. The number of nitrogens with two attached hydrogens (primary N) is 1. The van der Waals surface area contributed by atoms with Gasteiger partial charge >= 0.3 is 12.1 Å². The molecule has 0 saturated carbocycles. The van der Waals surface area contributed by atoms with Crippen molar-refractivity contribution in [2.24, 2.45) is 5.92 Å². The first kappa shape index (κ1) is 23.1. The number of methoxy groups -OCH3 is 1. The zero-order valence-electron chi connectivity index (χ0n) is 19.2. The average molecular weight is 436 g/mol. The van der Waals surface area contributed by atoms with Gasteiger partial charge in [-0.2, -0.15) is 19.7 Å². The number of nitrogens with zero attached hydrogens (tertiary/aromatic N) is 5. The summed E-state index contributed by atoms with van der Waals surface area (Å²) in [4.78, 5) is 25.5. The van der Waals surface area contributed by atoms with Crippen molar-refractivity contribution < 1.29 is 23.9 Å². The fourth-order valence-corrected chi connectivity index (χ4v) is 4.42. The van der Waals surface area contributed by atoms with E-state index in [0.29, 0.717) is 43.4 Å². The van der Waals surface area contributed by atoms with E-state index in [1.165, 1.54) is 0 Å². The standard InChI is InChI=1S/C21H34N6O4/c1-6-7-11-31-18-24-16(22)15-17(25-18)26(19(23-15)30-5)12-14-9-8-10-27(13-14,20(28)29)21(2,3)4/h14H,6-13H2,1-5H3,(H2-,22,24,25,28,29)/p+1/t14-,27?/m0/s1. The second-order valence-corrected chi connectivity index (χ2v) is 9.31. The Morgan fingerprint density at radius 1 is 1.32 bits per heavy atom. The minimum Gasteiger partial charge on any atom is -0.468 e. The number of imidazole rings is 1. The van der Waals surface area contributed by atoms with Gasteiger partial charge in [0, 0.05) is 12.5 Å². The number of nitrogen functional groups attached to an aromatic ring is 1. The number of aromatic nitrogens is 4. The molecule has 1 saturated heterocycles. The van der Waals surface area contributed by atoms with Crippen molar-refractivity contribution in [3.8, 4) is 12.0 Å². The quantitative estimate of drug-likeness (QED) is 0.501. The predicted octanol–water partition coefficient (Wildman–Crippen LogP) is 3.30. The van der Waals surface area contributed by atoms with E-state index in [2.05, 4.69) is 21.9 Å². The number of carboxylic acid groups (broad SMARTS) is 1. The lowest BCUT2D eigenvalue weighted by atomic mass is 9.90. The summed E-state index contributed by atoms with van der Waals surface area (Å²) in [6, 6.07) is 0.604. The molecule has 2 aromatic rings. The molecule has 172 valence electrons. The molecule has 10 nitrogen and oxygen atoms in total. The van der Waals surface area contributed by atoms with Gasteiger partial charge in [-0.3, -0.25) is 4.57 Å². The van der Waals surface area contributed by atoms with Crippen molar-refractivity contribution in [2.75, 3.05) is 32.5 Å². The largest absolute Gasteiger partial charge is 0.513 e. The first-order valence-corrected chi connectivity index (χ1v) is 10.9. The van der Waals surface area contributed by atoms with Crippen LogP contribution >= 0.6 is 0 Å². The molecule has 2 atom stereocenters. The number of anilines is 1. The molecule has 3 heterocycles. The van der Waals surface area contributed by atoms with E-state index >= 15 is 0 Å². The summed E-state index contributed by atoms with van der Waals surface area (Å²) < 4.78 is 13.1. The molecule has 0 radical (unpaired) electrons. The van der Waals surface area contributed by atoms with Crippen molar-refractivity contribution in [2.45, 2.75) is 65.5 Å². The van der Waals surface area contributed by atoms with Gasteiger partial charge in [-0.05, 0) is 40.0 Å². The van der Waals surface area contributed by atoms with Crippen LogP contribution in [0.2, 0.25) is 0 Å². The van der Waals surface area contributed by atoms with Crippen molar-refractivity contribution in [1.29, 1.82) is 0 Å². The van der Waals surface area contributed by atoms with Gasteiger partial charge < -0.3 is 20.3 Å². The number of amides is 1. The average Bonchev–Trinajstić information content (AvgIpc) is 3.05. The van der Waals surface area contributed by atoms with E-state index in [4.69, 9.17) is 15.2 Å². The number of ether oxygens (including phenoxy) is 2. The lowest BCUT2D eigenvalue weighted by Crippen LogP contribution is -2.67. The van der Waals surface area contributed by atoms with Gasteiger partial charge in [0.05, 0.1) is 26.8 Å².